The first kappa shape index (κ1) is 13.9. The van der Waals surface area contributed by atoms with Crippen molar-refractivity contribution in [3.05, 3.63) is 23.9 Å². The maximum Gasteiger partial charge on any atom is 0.225 e. The zero-order valence-corrected chi connectivity index (χ0v) is 12.0. The van der Waals surface area contributed by atoms with Crippen LogP contribution in [0.3, 0.4) is 0 Å². The Morgan fingerprint density at radius 3 is 3.05 bits per heavy atom. The van der Waals surface area contributed by atoms with E-state index in [1.165, 1.54) is 0 Å². The van der Waals surface area contributed by atoms with E-state index in [0.29, 0.717) is 31.4 Å². The molecule has 6 heteroatoms. The van der Waals surface area contributed by atoms with Crippen molar-refractivity contribution in [2.75, 3.05) is 13.7 Å². The number of carbonyl (C=O) groups excluding carboxylic acids is 2. The summed E-state index contributed by atoms with van der Waals surface area (Å²) in [4.78, 5) is 30.0. The Balaban J connectivity index is 1.56. The van der Waals surface area contributed by atoms with Crippen LogP contribution in [0, 0.1) is 5.92 Å². The summed E-state index contributed by atoms with van der Waals surface area (Å²) in [7, 11) is 1.55. The second kappa shape index (κ2) is 5.71. The van der Waals surface area contributed by atoms with Crippen molar-refractivity contribution in [3.63, 3.8) is 0 Å². The Hall–Kier alpha value is -2.11. The lowest BCUT2D eigenvalue weighted by molar-refractivity contribution is -0.129. The number of amides is 2. The molecule has 1 N–H and O–H groups in total. The third-order valence-electron chi connectivity index (χ3n) is 4.01. The maximum atomic E-state index is 12.2. The number of hydrogen-bond donors (Lipinski definition) is 1. The number of likely N-dealkylation sites (tertiary alicyclic amines) is 1. The Morgan fingerprint density at radius 1 is 1.52 bits per heavy atom. The zero-order valence-electron chi connectivity index (χ0n) is 12.0. The number of carbonyl (C=O) groups is 2. The predicted molar refractivity (Wildman–Crippen MR) is 75.5 cm³/mol. The van der Waals surface area contributed by atoms with Crippen molar-refractivity contribution in [2.24, 2.45) is 5.92 Å². The maximum absolute atomic E-state index is 12.2. The fourth-order valence-corrected chi connectivity index (χ4v) is 2.72. The van der Waals surface area contributed by atoms with E-state index in [2.05, 4.69) is 10.3 Å². The third-order valence-corrected chi connectivity index (χ3v) is 4.01. The first-order chi connectivity index (χ1) is 10.2. The predicted octanol–water partition coefficient (Wildman–Crippen LogP) is 0.717. The fraction of sp³-hybridized carbons (Fsp3) is 0.533. The highest BCUT2D eigenvalue weighted by Crippen LogP contribution is 2.32. The van der Waals surface area contributed by atoms with Gasteiger partial charge in [-0.2, -0.15) is 0 Å². The van der Waals surface area contributed by atoms with Crippen LogP contribution < -0.4 is 10.1 Å². The van der Waals surface area contributed by atoms with Crippen molar-refractivity contribution in [1.82, 2.24) is 15.2 Å². The van der Waals surface area contributed by atoms with Crippen LogP contribution in [0.4, 0.5) is 0 Å². The highest BCUT2D eigenvalue weighted by atomic mass is 16.5. The fourth-order valence-electron chi connectivity index (χ4n) is 2.72. The minimum atomic E-state index is -0.235. The molecule has 1 aliphatic carbocycles. The van der Waals surface area contributed by atoms with Crippen LogP contribution in [-0.4, -0.2) is 41.4 Å². The second-order valence-electron chi connectivity index (χ2n) is 5.57. The summed E-state index contributed by atoms with van der Waals surface area (Å²) in [6.07, 6.45) is 4.12. The SMILES string of the molecule is COc1ncccc1CNC(=O)C1CC(=O)N(C2CC2)C1. The molecule has 1 aromatic heterocycles. The number of hydrogen-bond acceptors (Lipinski definition) is 4. The molecular weight excluding hydrogens is 270 g/mol. The number of rotatable bonds is 5. The summed E-state index contributed by atoms with van der Waals surface area (Å²) in [6.45, 7) is 0.920. The summed E-state index contributed by atoms with van der Waals surface area (Å²) in [6, 6.07) is 4.05. The highest BCUT2D eigenvalue weighted by Gasteiger charge is 2.41. The van der Waals surface area contributed by atoms with Crippen molar-refractivity contribution < 1.29 is 14.3 Å². The van der Waals surface area contributed by atoms with Crippen LogP contribution in [0.1, 0.15) is 24.8 Å². The van der Waals surface area contributed by atoms with Crippen molar-refractivity contribution >= 4 is 11.8 Å². The molecule has 1 aromatic rings. The molecule has 21 heavy (non-hydrogen) atoms. The van der Waals surface area contributed by atoms with Gasteiger partial charge in [0.1, 0.15) is 0 Å². The molecule has 1 saturated carbocycles. The van der Waals surface area contributed by atoms with Crippen molar-refractivity contribution in [1.29, 1.82) is 0 Å². The van der Waals surface area contributed by atoms with Gasteiger partial charge in [0.05, 0.1) is 13.0 Å². The third kappa shape index (κ3) is 2.99. The average molecular weight is 289 g/mol. The number of methoxy groups -OCH3 is 1. The number of nitrogens with zero attached hydrogens (tertiary/aromatic N) is 2. The molecule has 6 nitrogen and oxygen atoms in total. The van der Waals surface area contributed by atoms with E-state index in [0.717, 1.165) is 18.4 Å². The first-order valence-corrected chi connectivity index (χ1v) is 7.24. The van der Waals surface area contributed by atoms with E-state index in [1.807, 2.05) is 11.0 Å². The monoisotopic (exact) mass is 289 g/mol. The van der Waals surface area contributed by atoms with Gasteiger partial charge in [0.15, 0.2) is 0 Å². The smallest absolute Gasteiger partial charge is 0.225 e. The van der Waals surface area contributed by atoms with Gasteiger partial charge < -0.3 is 15.0 Å². The molecular formula is C15H19N3O3. The molecule has 0 spiro atoms. The molecule has 112 valence electrons. The lowest BCUT2D eigenvalue weighted by Gasteiger charge is -2.15. The van der Waals surface area contributed by atoms with Gasteiger partial charge in [0.2, 0.25) is 17.7 Å². The summed E-state index contributed by atoms with van der Waals surface area (Å²) in [5.41, 5.74) is 0.830. The van der Waals surface area contributed by atoms with E-state index < -0.39 is 0 Å². The van der Waals surface area contributed by atoms with Gasteiger partial charge in [-0.1, -0.05) is 6.07 Å². The van der Waals surface area contributed by atoms with Gasteiger partial charge in [0, 0.05) is 37.3 Å². The molecule has 3 rings (SSSR count). The van der Waals surface area contributed by atoms with Crippen molar-refractivity contribution in [3.8, 4) is 5.88 Å². The number of aromatic nitrogens is 1. The minimum absolute atomic E-state index is 0.0718. The molecule has 0 aromatic carbocycles. The van der Waals surface area contributed by atoms with Gasteiger partial charge >= 0.3 is 0 Å². The van der Waals surface area contributed by atoms with Gasteiger partial charge in [0.25, 0.3) is 0 Å². The van der Waals surface area contributed by atoms with Crippen LogP contribution in [0.5, 0.6) is 5.88 Å². The minimum Gasteiger partial charge on any atom is -0.481 e. The van der Waals surface area contributed by atoms with E-state index in [4.69, 9.17) is 4.74 Å². The summed E-state index contributed by atoms with van der Waals surface area (Å²) < 4.78 is 5.15. The molecule has 2 aliphatic rings. The lowest BCUT2D eigenvalue weighted by Crippen LogP contribution is -2.33. The lowest BCUT2D eigenvalue weighted by atomic mass is 10.1. The standard InChI is InChI=1S/C15H19N3O3/c1-21-15-10(3-2-6-16-15)8-17-14(20)11-7-13(19)18(9-11)12-4-5-12/h2-3,6,11-12H,4-5,7-9H2,1H3,(H,17,20). The number of pyridine rings is 1. The number of nitrogens with one attached hydrogen (secondary N) is 1. The van der Waals surface area contributed by atoms with Gasteiger partial charge in [-0.3, -0.25) is 9.59 Å². The van der Waals surface area contributed by atoms with E-state index >= 15 is 0 Å². The Bertz CT molecular complexity index is 557. The molecule has 1 unspecified atom stereocenters. The van der Waals surface area contributed by atoms with Gasteiger partial charge in [-0.15, -0.1) is 0 Å². The molecule has 2 fully saturated rings. The molecule has 0 bridgehead atoms. The van der Waals surface area contributed by atoms with E-state index in [9.17, 15) is 9.59 Å². The number of ether oxygens (including phenoxy) is 1. The Morgan fingerprint density at radius 2 is 2.33 bits per heavy atom. The molecule has 1 saturated heterocycles. The average Bonchev–Trinajstić information content (AvgIpc) is 3.27. The summed E-state index contributed by atoms with van der Waals surface area (Å²) in [5.74, 6) is 0.315. The molecule has 0 radical (unpaired) electrons. The van der Waals surface area contributed by atoms with E-state index in [-0.39, 0.29) is 17.7 Å². The van der Waals surface area contributed by atoms with Crippen LogP contribution in [0.2, 0.25) is 0 Å². The zero-order chi connectivity index (χ0) is 14.8. The highest BCUT2D eigenvalue weighted by molar-refractivity contribution is 5.89. The topological polar surface area (TPSA) is 71.5 Å². The van der Waals surface area contributed by atoms with E-state index in [1.54, 1.807) is 19.4 Å². The van der Waals surface area contributed by atoms with Gasteiger partial charge in [-0.25, -0.2) is 4.98 Å². The largest absolute Gasteiger partial charge is 0.481 e. The summed E-state index contributed by atoms with van der Waals surface area (Å²) in [5, 5.41) is 2.88. The summed E-state index contributed by atoms with van der Waals surface area (Å²) >= 11 is 0. The Kier molecular flexibility index (Phi) is 3.77. The Labute approximate surface area is 123 Å². The van der Waals surface area contributed by atoms with Gasteiger partial charge in [-0.05, 0) is 18.9 Å². The van der Waals surface area contributed by atoms with Crippen molar-refractivity contribution in [2.45, 2.75) is 31.8 Å². The van der Waals surface area contributed by atoms with Crippen LogP contribution >= 0.6 is 0 Å². The van der Waals surface area contributed by atoms with Crippen LogP contribution in [0.25, 0.3) is 0 Å². The molecule has 2 heterocycles. The van der Waals surface area contributed by atoms with Crippen LogP contribution in [0.15, 0.2) is 18.3 Å². The molecule has 1 atom stereocenters. The molecule has 2 amide bonds. The quantitative estimate of drug-likeness (QED) is 0.867. The normalized spacial score (nSPS) is 21.5. The first-order valence-electron chi connectivity index (χ1n) is 7.24. The van der Waals surface area contributed by atoms with Crippen LogP contribution in [-0.2, 0) is 16.1 Å². The second-order valence-corrected chi connectivity index (χ2v) is 5.57. The molecule has 1 aliphatic heterocycles.